The van der Waals surface area contributed by atoms with Crippen LogP contribution in [0.4, 0.5) is 0 Å². The predicted octanol–water partition coefficient (Wildman–Crippen LogP) is 4.28. The maximum absolute atomic E-state index is 6.17. The van der Waals surface area contributed by atoms with E-state index in [-0.39, 0.29) is 0 Å². The topological polar surface area (TPSA) is 3.24 Å². The number of benzene rings is 1. The van der Waals surface area contributed by atoms with Crippen LogP contribution in [0.3, 0.4) is 0 Å². The molecule has 0 radical (unpaired) electrons. The van der Waals surface area contributed by atoms with E-state index in [4.69, 9.17) is 34.8 Å². The molecule has 1 unspecified atom stereocenters. The number of likely N-dealkylation sites (tertiary alicyclic amines) is 1. The summed E-state index contributed by atoms with van der Waals surface area (Å²) in [5, 5.41) is 1.83. The van der Waals surface area contributed by atoms with Gasteiger partial charge >= 0.3 is 0 Å². The Morgan fingerprint density at radius 3 is 2.50 bits per heavy atom. The Labute approximate surface area is 111 Å². The fraction of sp³-hybridized carbons (Fsp3) is 0.500. The van der Waals surface area contributed by atoms with Crippen LogP contribution in [-0.2, 0) is 6.42 Å². The van der Waals surface area contributed by atoms with Gasteiger partial charge in [-0.1, -0.05) is 34.8 Å². The third-order valence-electron chi connectivity index (χ3n) is 3.22. The first-order chi connectivity index (χ1) is 7.58. The molecule has 1 atom stereocenters. The second-order valence-electron chi connectivity index (χ2n) is 4.34. The minimum atomic E-state index is 0.523. The van der Waals surface area contributed by atoms with Crippen molar-refractivity contribution in [3.63, 3.8) is 0 Å². The summed E-state index contributed by atoms with van der Waals surface area (Å²) in [5.74, 6) is 0. The van der Waals surface area contributed by atoms with E-state index in [1.54, 1.807) is 6.07 Å². The van der Waals surface area contributed by atoms with Gasteiger partial charge in [-0.25, -0.2) is 0 Å². The molecule has 0 spiro atoms. The van der Waals surface area contributed by atoms with Crippen molar-refractivity contribution >= 4 is 34.8 Å². The fourth-order valence-corrected chi connectivity index (χ4v) is 2.86. The van der Waals surface area contributed by atoms with E-state index in [0.717, 1.165) is 17.0 Å². The van der Waals surface area contributed by atoms with E-state index in [0.29, 0.717) is 16.1 Å². The van der Waals surface area contributed by atoms with Crippen LogP contribution in [-0.4, -0.2) is 24.5 Å². The van der Waals surface area contributed by atoms with Gasteiger partial charge in [0.05, 0.1) is 10.0 Å². The Kier molecular flexibility index (Phi) is 4.01. The van der Waals surface area contributed by atoms with Crippen LogP contribution in [0, 0.1) is 0 Å². The first-order valence-electron chi connectivity index (χ1n) is 5.41. The van der Waals surface area contributed by atoms with Gasteiger partial charge < -0.3 is 4.90 Å². The average Bonchev–Trinajstić information content (AvgIpc) is 2.61. The van der Waals surface area contributed by atoms with Gasteiger partial charge in [-0.05, 0) is 50.6 Å². The maximum atomic E-state index is 6.17. The highest BCUT2D eigenvalue weighted by atomic mass is 35.5. The van der Waals surface area contributed by atoms with Crippen LogP contribution in [0.2, 0.25) is 15.1 Å². The Hall–Kier alpha value is 0.0500. The van der Waals surface area contributed by atoms with Gasteiger partial charge in [0.1, 0.15) is 0 Å². The minimum Gasteiger partial charge on any atom is -0.303 e. The molecule has 0 N–H and O–H groups in total. The molecule has 1 aliphatic heterocycles. The molecule has 0 amide bonds. The molecular weight excluding hydrogens is 264 g/mol. The lowest BCUT2D eigenvalue weighted by Crippen LogP contribution is -2.26. The Balaban J connectivity index is 2.18. The van der Waals surface area contributed by atoms with Crippen LogP contribution in [0.1, 0.15) is 18.4 Å². The SMILES string of the molecule is CN1CCCC1Cc1cc(Cl)c(Cl)cc1Cl. The van der Waals surface area contributed by atoms with E-state index in [2.05, 4.69) is 11.9 Å². The molecule has 1 heterocycles. The summed E-state index contributed by atoms with van der Waals surface area (Å²) in [4.78, 5) is 2.37. The molecule has 1 nitrogen and oxygen atoms in total. The Morgan fingerprint density at radius 2 is 1.88 bits per heavy atom. The van der Waals surface area contributed by atoms with Crippen molar-refractivity contribution in [2.45, 2.75) is 25.3 Å². The second kappa shape index (κ2) is 5.14. The molecule has 1 aliphatic rings. The summed E-state index contributed by atoms with van der Waals surface area (Å²) < 4.78 is 0. The van der Waals surface area contributed by atoms with E-state index >= 15 is 0 Å². The average molecular weight is 279 g/mol. The lowest BCUT2D eigenvalue weighted by molar-refractivity contribution is 0.309. The molecule has 2 rings (SSSR count). The summed E-state index contributed by atoms with van der Waals surface area (Å²) in [5.41, 5.74) is 1.09. The molecule has 1 saturated heterocycles. The number of nitrogens with zero attached hydrogens (tertiary/aromatic N) is 1. The molecule has 4 heteroatoms. The monoisotopic (exact) mass is 277 g/mol. The standard InChI is InChI=1S/C12H14Cl3N/c1-16-4-2-3-9(16)5-8-6-11(14)12(15)7-10(8)13/h6-7,9H,2-5H2,1H3. The number of likely N-dealkylation sites (N-methyl/N-ethyl adjacent to an activating group) is 1. The normalized spacial score (nSPS) is 21.6. The van der Waals surface area contributed by atoms with Crippen molar-refractivity contribution in [1.82, 2.24) is 4.90 Å². The molecule has 0 saturated carbocycles. The molecule has 88 valence electrons. The number of hydrogen-bond acceptors (Lipinski definition) is 1. The van der Waals surface area contributed by atoms with Crippen molar-refractivity contribution in [3.8, 4) is 0 Å². The summed E-state index contributed by atoms with van der Waals surface area (Å²) in [7, 11) is 2.16. The maximum Gasteiger partial charge on any atom is 0.0607 e. The van der Waals surface area contributed by atoms with E-state index in [9.17, 15) is 0 Å². The molecule has 16 heavy (non-hydrogen) atoms. The molecule has 1 fully saturated rings. The summed E-state index contributed by atoms with van der Waals surface area (Å²) in [6.07, 6.45) is 3.44. The van der Waals surface area contributed by atoms with Gasteiger partial charge in [-0.15, -0.1) is 0 Å². The van der Waals surface area contributed by atoms with Crippen molar-refractivity contribution in [2.75, 3.05) is 13.6 Å². The first-order valence-corrected chi connectivity index (χ1v) is 6.55. The molecule has 0 aliphatic carbocycles. The van der Waals surface area contributed by atoms with Crippen LogP contribution >= 0.6 is 34.8 Å². The van der Waals surface area contributed by atoms with Crippen LogP contribution in [0.5, 0.6) is 0 Å². The zero-order valence-electron chi connectivity index (χ0n) is 9.14. The molecule has 1 aromatic carbocycles. The quantitative estimate of drug-likeness (QED) is 0.730. The highest BCUT2D eigenvalue weighted by molar-refractivity contribution is 6.43. The smallest absolute Gasteiger partial charge is 0.0607 e. The third kappa shape index (κ3) is 2.65. The van der Waals surface area contributed by atoms with Gasteiger partial charge in [0, 0.05) is 11.1 Å². The van der Waals surface area contributed by atoms with Crippen molar-refractivity contribution in [1.29, 1.82) is 0 Å². The highest BCUT2D eigenvalue weighted by Crippen LogP contribution is 2.31. The van der Waals surface area contributed by atoms with Gasteiger partial charge in [-0.2, -0.15) is 0 Å². The van der Waals surface area contributed by atoms with E-state index < -0.39 is 0 Å². The predicted molar refractivity (Wildman–Crippen MR) is 70.8 cm³/mol. The van der Waals surface area contributed by atoms with Crippen LogP contribution in [0.15, 0.2) is 12.1 Å². The van der Waals surface area contributed by atoms with Gasteiger partial charge in [0.2, 0.25) is 0 Å². The molecule has 0 bridgehead atoms. The molecular formula is C12H14Cl3N. The van der Waals surface area contributed by atoms with Gasteiger partial charge in [0.25, 0.3) is 0 Å². The second-order valence-corrected chi connectivity index (χ2v) is 5.56. The first kappa shape index (κ1) is 12.5. The third-order valence-corrected chi connectivity index (χ3v) is 4.29. The van der Waals surface area contributed by atoms with Crippen molar-refractivity contribution in [2.24, 2.45) is 0 Å². The highest BCUT2D eigenvalue weighted by Gasteiger charge is 2.22. The van der Waals surface area contributed by atoms with E-state index in [1.807, 2.05) is 6.07 Å². The fourth-order valence-electron chi connectivity index (χ4n) is 2.21. The lowest BCUT2D eigenvalue weighted by atomic mass is 10.0. The number of hydrogen-bond donors (Lipinski definition) is 0. The number of rotatable bonds is 2. The molecule has 1 aromatic rings. The van der Waals surface area contributed by atoms with Gasteiger partial charge in [-0.3, -0.25) is 0 Å². The number of halogens is 3. The van der Waals surface area contributed by atoms with E-state index in [1.165, 1.54) is 19.4 Å². The van der Waals surface area contributed by atoms with Gasteiger partial charge in [0.15, 0.2) is 0 Å². The zero-order chi connectivity index (χ0) is 11.7. The minimum absolute atomic E-state index is 0.523. The summed E-state index contributed by atoms with van der Waals surface area (Å²) in [6, 6.07) is 4.20. The lowest BCUT2D eigenvalue weighted by Gasteiger charge is -2.20. The zero-order valence-corrected chi connectivity index (χ0v) is 11.4. The Morgan fingerprint density at radius 1 is 1.19 bits per heavy atom. The summed E-state index contributed by atoms with van der Waals surface area (Å²) >= 11 is 18.1. The summed E-state index contributed by atoms with van der Waals surface area (Å²) in [6.45, 7) is 1.17. The molecule has 0 aromatic heterocycles. The van der Waals surface area contributed by atoms with Crippen LogP contribution in [0.25, 0.3) is 0 Å². The Bertz CT molecular complexity index is 392. The largest absolute Gasteiger partial charge is 0.303 e. The van der Waals surface area contributed by atoms with Crippen LogP contribution < -0.4 is 0 Å². The van der Waals surface area contributed by atoms with Crippen molar-refractivity contribution in [3.05, 3.63) is 32.8 Å². The van der Waals surface area contributed by atoms with Crippen molar-refractivity contribution < 1.29 is 0 Å².